The second-order valence-electron chi connectivity index (χ2n) is 5.00. The molecule has 0 spiro atoms. The average molecular weight is 296 g/mol. The lowest BCUT2D eigenvalue weighted by molar-refractivity contribution is 0.0574. The average Bonchev–Trinajstić information content (AvgIpc) is 2.32. The van der Waals surface area contributed by atoms with E-state index < -0.39 is 0 Å². The summed E-state index contributed by atoms with van der Waals surface area (Å²) in [5, 5.41) is 0. The van der Waals surface area contributed by atoms with Crippen molar-refractivity contribution in [2.24, 2.45) is 5.92 Å². The molecule has 2 atom stereocenters. The first-order chi connectivity index (χ1) is 8.08. The van der Waals surface area contributed by atoms with E-state index in [0.29, 0.717) is 12.0 Å². The van der Waals surface area contributed by atoms with E-state index in [-0.39, 0.29) is 5.91 Å². The lowest BCUT2D eigenvalue weighted by atomic mass is 9.94. The fraction of sp³-hybridized carbons (Fsp3) is 0.500. The number of piperidine rings is 1. The molecule has 0 bridgehead atoms. The minimum Gasteiger partial charge on any atom is -0.336 e. The van der Waals surface area contributed by atoms with Crippen molar-refractivity contribution in [1.29, 1.82) is 0 Å². The number of hydrogen-bond acceptors (Lipinski definition) is 1. The molecule has 1 aliphatic heterocycles. The van der Waals surface area contributed by atoms with Crippen molar-refractivity contribution in [2.75, 3.05) is 6.54 Å². The maximum Gasteiger partial charge on any atom is 0.254 e. The number of benzene rings is 1. The van der Waals surface area contributed by atoms with Crippen molar-refractivity contribution in [3.05, 3.63) is 34.3 Å². The van der Waals surface area contributed by atoms with Crippen LogP contribution in [0.4, 0.5) is 0 Å². The molecule has 0 aromatic heterocycles. The molecule has 92 valence electrons. The number of amides is 1. The normalized spacial score (nSPS) is 24.8. The Hall–Kier alpha value is -0.830. The third kappa shape index (κ3) is 2.89. The van der Waals surface area contributed by atoms with Gasteiger partial charge >= 0.3 is 0 Å². The van der Waals surface area contributed by atoms with Crippen molar-refractivity contribution in [3.8, 4) is 0 Å². The first-order valence-corrected chi connectivity index (χ1v) is 6.93. The van der Waals surface area contributed by atoms with Crippen LogP contribution in [0.5, 0.6) is 0 Å². The van der Waals surface area contributed by atoms with Crippen molar-refractivity contribution < 1.29 is 4.79 Å². The van der Waals surface area contributed by atoms with E-state index in [9.17, 15) is 4.79 Å². The molecule has 0 N–H and O–H groups in total. The van der Waals surface area contributed by atoms with Crippen LogP contribution in [0.3, 0.4) is 0 Å². The molecule has 1 aliphatic rings. The zero-order valence-corrected chi connectivity index (χ0v) is 11.9. The Labute approximate surface area is 111 Å². The van der Waals surface area contributed by atoms with Crippen LogP contribution in [0.25, 0.3) is 0 Å². The fourth-order valence-electron chi connectivity index (χ4n) is 2.33. The fourth-order valence-corrected chi connectivity index (χ4v) is 2.59. The maximum atomic E-state index is 12.4. The highest BCUT2D eigenvalue weighted by Gasteiger charge is 2.27. The van der Waals surface area contributed by atoms with Crippen molar-refractivity contribution in [2.45, 2.75) is 32.7 Å². The predicted octanol–water partition coefficient (Wildman–Crippen LogP) is 3.71. The van der Waals surface area contributed by atoms with Gasteiger partial charge in [0.05, 0.1) is 0 Å². The molecule has 2 nitrogen and oxygen atoms in total. The molecule has 1 fully saturated rings. The van der Waals surface area contributed by atoms with Crippen LogP contribution in [0.1, 0.15) is 37.0 Å². The second-order valence-corrected chi connectivity index (χ2v) is 5.91. The van der Waals surface area contributed by atoms with E-state index >= 15 is 0 Å². The van der Waals surface area contributed by atoms with Gasteiger partial charge in [0.15, 0.2) is 0 Å². The highest BCUT2D eigenvalue weighted by Crippen LogP contribution is 2.23. The van der Waals surface area contributed by atoms with Gasteiger partial charge in [-0.1, -0.05) is 22.9 Å². The summed E-state index contributed by atoms with van der Waals surface area (Å²) in [4.78, 5) is 14.4. The Bertz CT molecular complexity index is 401. The smallest absolute Gasteiger partial charge is 0.254 e. The van der Waals surface area contributed by atoms with E-state index in [2.05, 4.69) is 29.8 Å². The summed E-state index contributed by atoms with van der Waals surface area (Å²) in [6, 6.07) is 7.98. The van der Waals surface area contributed by atoms with Gasteiger partial charge in [0, 0.05) is 22.6 Å². The predicted molar refractivity (Wildman–Crippen MR) is 73.0 cm³/mol. The minimum atomic E-state index is 0.163. The SMILES string of the molecule is CC1CCC(C)N(C(=O)c2ccc(Br)cc2)C1. The van der Waals surface area contributed by atoms with Gasteiger partial charge < -0.3 is 4.90 Å². The Balaban J connectivity index is 2.15. The third-order valence-electron chi connectivity index (χ3n) is 3.47. The number of likely N-dealkylation sites (tertiary alicyclic amines) is 1. The molecule has 1 amide bonds. The van der Waals surface area contributed by atoms with E-state index in [4.69, 9.17) is 0 Å². The molecule has 0 saturated carbocycles. The molecule has 2 unspecified atom stereocenters. The molecule has 3 heteroatoms. The third-order valence-corrected chi connectivity index (χ3v) is 4.00. The van der Waals surface area contributed by atoms with Crippen LogP contribution >= 0.6 is 15.9 Å². The van der Waals surface area contributed by atoms with Crippen LogP contribution in [0.15, 0.2) is 28.7 Å². The summed E-state index contributed by atoms with van der Waals surface area (Å²) in [6.07, 6.45) is 2.34. The minimum absolute atomic E-state index is 0.163. The topological polar surface area (TPSA) is 20.3 Å². The number of halogens is 1. The van der Waals surface area contributed by atoms with Gasteiger partial charge in [-0.25, -0.2) is 0 Å². The summed E-state index contributed by atoms with van der Waals surface area (Å²) < 4.78 is 1.01. The summed E-state index contributed by atoms with van der Waals surface area (Å²) in [7, 11) is 0. The maximum absolute atomic E-state index is 12.4. The quantitative estimate of drug-likeness (QED) is 0.773. The highest BCUT2D eigenvalue weighted by atomic mass is 79.9. The number of nitrogens with zero attached hydrogens (tertiary/aromatic N) is 1. The monoisotopic (exact) mass is 295 g/mol. The first kappa shape index (κ1) is 12.6. The zero-order chi connectivity index (χ0) is 12.4. The molecule has 0 aliphatic carbocycles. The Morgan fingerprint density at radius 1 is 1.24 bits per heavy atom. The van der Waals surface area contributed by atoms with Gasteiger partial charge in [0.25, 0.3) is 5.91 Å². The Kier molecular flexibility index (Phi) is 3.87. The van der Waals surface area contributed by atoms with E-state index in [1.54, 1.807) is 0 Å². The standard InChI is InChI=1S/C14H18BrNO/c1-10-3-4-11(2)16(9-10)14(17)12-5-7-13(15)8-6-12/h5-8,10-11H,3-4,9H2,1-2H3. The number of carbonyl (C=O) groups excluding carboxylic acids is 1. The molecule has 17 heavy (non-hydrogen) atoms. The van der Waals surface area contributed by atoms with Crippen LogP contribution in [0, 0.1) is 5.92 Å². The number of hydrogen-bond donors (Lipinski definition) is 0. The Morgan fingerprint density at radius 2 is 1.88 bits per heavy atom. The van der Waals surface area contributed by atoms with Crippen LogP contribution < -0.4 is 0 Å². The molecule has 1 aromatic carbocycles. The van der Waals surface area contributed by atoms with Crippen LogP contribution in [-0.4, -0.2) is 23.4 Å². The summed E-state index contributed by atoms with van der Waals surface area (Å²) >= 11 is 3.39. The molecule has 1 saturated heterocycles. The first-order valence-electron chi connectivity index (χ1n) is 6.14. The largest absolute Gasteiger partial charge is 0.336 e. The number of carbonyl (C=O) groups is 1. The van der Waals surface area contributed by atoms with E-state index in [1.165, 1.54) is 6.42 Å². The van der Waals surface area contributed by atoms with Crippen LogP contribution in [-0.2, 0) is 0 Å². The van der Waals surface area contributed by atoms with Gasteiger partial charge in [-0.3, -0.25) is 4.79 Å². The second kappa shape index (κ2) is 5.21. The summed E-state index contributed by atoms with van der Waals surface area (Å²) in [5.74, 6) is 0.780. The van der Waals surface area contributed by atoms with Crippen molar-refractivity contribution in [3.63, 3.8) is 0 Å². The van der Waals surface area contributed by atoms with Gasteiger partial charge in [0.1, 0.15) is 0 Å². The van der Waals surface area contributed by atoms with Crippen molar-refractivity contribution >= 4 is 21.8 Å². The van der Waals surface area contributed by atoms with Crippen molar-refractivity contribution in [1.82, 2.24) is 4.90 Å². The van der Waals surface area contributed by atoms with Gasteiger partial charge in [-0.05, 0) is 49.9 Å². The zero-order valence-electron chi connectivity index (χ0n) is 10.3. The lowest BCUT2D eigenvalue weighted by Gasteiger charge is -2.36. The molecule has 2 rings (SSSR count). The van der Waals surface area contributed by atoms with E-state index in [0.717, 1.165) is 23.0 Å². The molecule has 0 radical (unpaired) electrons. The molecular formula is C14H18BrNO. The van der Waals surface area contributed by atoms with Gasteiger partial charge in [-0.2, -0.15) is 0 Å². The summed E-state index contributed by atoms with van der Waals surface area (Å²) in [5.41, 5.74) is 0.786. The van der Waals surface area contributed by atoms with Crippen LogP contribution in [0.2, 0.25) is 0 Å². The van der Waals surface area contributed by atoms with Gasteiger partial charge in [-0.15, -0.1) is 0 Å². The molecule has 1 aromatic rings. The molecular weight excluding hydrogens is 278 g/mol. The van der Waals surface area contributed by atoms with E-state index in [1.807, 2.05) is 29.2 Å². The number of rotatable bonds is 1. The summed E-state index contributed by atoms with van der Waals surface area (Å²) in [6.45, 7) is 5.24. The Morgan fingerprint density at radius 3 is 2.53 bits per heavy atom. The lowest BCUT2D eigenvalue weighted by Crippen LogP contribution is -2.44. The molecule has 1 heterocycles. The van der Waals surface area contributed by atoms with Gasteiger partial charge in [0.2, 0.25) is 0 Å². The highest BCUT2D eigenvalue weighted by molar-refractivity contribution is 9.10.